The van der Waals surface area contributed by atoms with Gasteiger partial charge in [-0.3, -0.25) is 13.9 Å². The average molecular weight is 478 g/mol. The second-order valence-electron chi connectivity index (χ2n) is 7.38. The second-order valence-corrected chi connectivity index (χ2v) is 9.28. The predicted octanol–water partition coefficient (Wildman–Crippen LogP) is 2.02. The number of amides is 2. The highest BCUT2D eigenvalue weighted by atomic mass is 32.2. The zero-order valence-corrected chi connectivity index (χ0v) is 20.4. The molecular weight excluding hydrogens is 446 g/mol. The van der Waals surface area contributed by atoms with Crippen LogP contribution in [-0.4, -0.2) is 65.2 Å². The topological polar surface area (TPSA) is 105 Å². The Labute approximate surface area is 195 Å². The summed E-state index contributed by atoms with van der Waals surface area (Å²) in [5.74, 6) is 0.403. The highest BCUT2D eigenvalue weighted by molar-refractivity contribution is 7.92. The van der Waals surface area contributed by atoms with Crippen LogP contribution in [0.2, 0.25) is 0 Å². The molecule has 2 amide bonds. The lowest BCUT2D eigenvalue weighted by molar-refractivity contribution is -0.140. The fourth-order valence-electron chi connectivity index (χ4n) is 3.38. The predicted molar refractivity (Wildman–Crippen MR) is 127 cm³/mol. The molecule has 0 bridgehead atoms. The summed E-state index contributed by atoms with van der Waals surface area (Å²) >= 11 is 0. The molecule has 0 aliphatic heterocycles. The number of anilines is 1. The maximum atomic E-state index is 13.4. The van der Waals surface area contributed by atoms with Crippen molar-refractivity contribution in [3.05, 3.63) is 54.1 Å². The normalized spacial score (nSPS) is 11.9. The van der Waals surface area contributed by atoms with Gasteiger partial charge in [-0.05, 0) is 48.4 Å². The molecule has 0 radical (unpaired) electrons. The summed E-state index contributed by atoms with van der Waals surface area (Å²) in [7, 11) is 0.788. The van der Waals surface area contributed by atoms with Gasteiger partial charge >= 0.3 is 0 Å². The molecule has 2 aromatic carbocycles. The first-order chi connectivity index (χ1) is 15.6. The van der Waals surface area contributed by atoms with Gasteiger partial charge in [-0.25, -0.2) is 8.42 Å². The van der Waals surface area contributed by atoms with E-state index in [1.165, 1.54) is 19.1 Å². The molecule has 1 unspecified atom stereocenters. The number of ether oxygens (including phenoxy) is 2. The number of benzene rings is 2. The highest BCUT2D eigenvalue weighted by Gasteiger charge is 2.31. The molecule has 1 atom stereocenters. The third-order valence-electron chi connectivity index (χ3n) is 5.18. The van der Waals surface area contributed by atoms with Crippen LogP contribution < -0.4 is 19.1 Å². The van der Waals surface area contributed by atoms with Gasteiger partial charge in [0.15, 0.2) is 0 Å². The number of rotatable bonds is 11. The Balaban J connectivity index is 2.39. The van der Waals surface area contributed by atoms with Crippen molar-refractivity contribution in [2.75, 3.05) is 38.4 Å². The van der Waals surface area contributed by atoms with E-state index >= 15 is 0 Å². The van der Waals surface area contributed by atoms with Crippen molar-refractivity contribution < 1.29 is 27.5 Å². The number of hydrogen-bond donors (Lipinski definition) is 1. The number of carbonyl (C=O) groups excluding carboxylic acids is 2. The lowest BCUT2D eigenvalue weighted by Crippen LogP contribution is -2.51. The van der Waals surface area contributed by atoms with Gasteiger partial charge in [0.1, 0.15) is 24.1 Å². The average Bonchev–Trinajstić information content (AvgIpc) is 2.81. The molecule has 180 valence electrons. The third kappa shape index (κ3) is 6.85. The Kier molecular flexibility index (Phi) is 9.10. The van der Waals surface area contributed by atoms with E-state index in [1.807, 2.05) is 0 Å². The van der Waals surface area contributed by atoms with Gasteiger partial charge in [-0.15, -0.1) is 0 Å². The van der Waals surface area contributed by atoms with Gasteiger partial charge in [0, 0.05) is 13.6 Å². The van der Waals surface area contributed by atoms with Gasteiger partial charge in [0.2, 0.25) is 21.8 Å². The van der Waals surface area contributed by atoms with Gasteiger partial charge in [0.25, 0.3) is 0 Å². The molecule has 2 rings (SSSR count). The summed E-state index contributed by atoms with van der Waals surface area (Å²) < 4.78 is 36.4. The zero-order chi connectivity index (χ0) is 24.6. The van der Waals surface area contributed by atoms with Crippen molar-refractivity contribution >= 4 is 27.5 Å². The smallest absolute Gasteiger partial charge is 0.244 e. The summed E-state index contributed by atoms with van der Waals surface area (Å²) in [6.07, 6.45) is 1.40. The lowest BCUT2D eigenvalue weighted by Gasteiger charge is -2.32. The maximum Gasteiger partial charge on any atom is 0.244 e. The van der Waals surface area contributed by atoms with E-state index < -0.39 is 28.5 Å². The summed E-state index contributed by atoms with van der Waals surface area (Å²) in [4.78, 5) is 27.4. The van der Waals surface area contributed by atoms with Crippen LogP contribution in [0.25, 0.3) is 0 Å². The van der Waals surface area contributed by atoms with Gasteiger partial charge < -0.3 is 19.7 Å². The highest BCUT2D eigenvalue weighted by Crippen LogP contribution is 2.23. The van der Waals surface area contributed by atoms with Crippen molar-refractivity contribution in [1.29, 1.82) is 0 Å². The number of nitrogens with one attached hydrogen (secondary N) is 1. The molecule has 0 heterocycles. The molecule has 0 aliphatic rings. The van der Waals surface area contributed by atoms with Crippen LogP contribution >= 0.6 is 0 Å². The Bertz CT molecular complexity index is 1040. The van der Waals surface area contributed by atoms with E-state index in [9.17, 15) is 18.0 Å². The fourth-order valence-corrected chi connectivity index (χ4v) is 4.23. The molecule has 0 aliphatic carbocycles. The van der Waals surface area contributed by atoms with Crippen LogP contribution in [-0.2, 0) is 26.2 Å². The zero-order valence-electron chi connectivity index (χ0n) is 19.6. The molecule has 9 nitrogen and oxygen atoms in total. The molecule has 33 heavy (non-hydrogen) atoms. The molecule has 0 spiro atoms. The van der Waals surface area contributed by atoms with Crippen molar-refractivity contribution in [3.63, 3.8) is 0 Å². The molecule has 0 aromatic heterocycles. The largest absolute Gasteiger partial charge is 0.497 e. The van der Waals surface area contributed by atoms with Crippen LogP contribution in [0.1, 0.15) is 18.9 Å². The van der Waals surface area contributed by atoms with Crippen LogP contribution in [0.3, 0.4) is 0 Å². The number of nitrogens with zero attached hydrogens (tertiary/aromatic N) is 2. The van der Waals surface area contributed by atoms with Crippen molar-refractivity contribution in [2.45, 2.75) is 25.9 Å². The van der Waals surface area contributed by atoms with Gasteiger partial charge in [-0.1, -0.05) is 19.1 Å². The van der Waals surface area contributed by atoms with Crippen LogP contribution in [0.4, 0.5) is 5.69 Å². The molecule has 10 heteroatoms. The molecule has 2 aromatic rings. The van der Waals surface area contributed by atoms with Crippen LogP contribution in [0.15, 0.2) is 48.5 Å². The van der Waals surface area contributed by atoms with E-state index in [0.717, 1.165) is 16.1 Å². The van der Waals surface area contributed by atoms with Crippen molar-refractivity contribution in [3.8, 4) is 11.5 Å². The minimum atomic E-state index is -3.78. The maximum absolute atomic E-state index is 13.4. The van der Waals surface area contributed by atoms with Gasteiger partial charge in [-0.2, -0.15) is 0 Å². The standard InChI is InChI=1S/C23H31N3O6S/c1-6-21(23(28)24-2)25(15-17-7-11-19(31-3)12-8-17)22(27)16-26(33(5,29)30)18-9-13-20(32-4)14-10-18/h7-14,21H,6,15-16H2,1-5H3,(H,24,28). The first kappa shape index (κ1) is 26.0. The monoisotopic (exact) mass is 477 g/mol. The second kappa shape index (κ2) is 11.6. The SMILES string of the molecule is CCC(C(=O)NC)N(Cc1ccc(OC)cc1)C(=O)CN(c1ccc(OC)cc1)S(C)(=O)=O. The minimum Gasteiger partial charge on any atom is -0.497 e. The van der Waals surface area contributed by atoms with E-state index in [2.05, 4.69) is 5.32 Å². The molecule has 1 N–H and O–H groups in total. The number of sulfonamides is 1. The fraction of sp³-hybridized carbons (Fsp3) is 0.391. The molecular formula is C23H31N3O6S. The summed E-state index contributed by atoms with van der Waals surface area (Å²) in [6, 6.07) is 12.7. The Morgan fingerprint density at radius 2 is 1.48 bits per heavy atom. The first-order valence-corrected chi connectivity index (χ1v) is 12.2. The Morgan fingerprint density at radius 1 is 0.970 bits per heavy atom. The quantitative estimate of drug-likeness (QED) is 0.531. The Morgan fingerprint density at radius 3 is 1.91 bits per heavy atom. The molecule has 0 saturated carbocycles. The molecule has 0 fully saturated rings. The van der Waals surface area contributed by atoms with Crippen molar-refractivity contribution in [2.24, 2.45) is 0 Å². The number of hydrogen-bond acceptors (Lipinski definition) is 6. The number of carbonyl (C=O) groups is 2. The van der Waals surface area contributed by atoms with E-state index in [1.54, 1.807) is 62.6 Å². The summed E-state index contributed by atoms with van der Waals surface area (Å²) in [5, 5.41) is 2.58. The van der Waals surface area contributed by atoms with E-state index in [0.29, 0.717) is 23.6 Å². The van der Waals surface area contributed by atoms with Gasteiger partial charge in [0.05, 0.1) is 26.2 Å². The Hall–Kier alpha value is -3.27. The van der Waals surface area contributed by atoms with Crippen molar-refractivity contribution in [1.82, 2.24) is 10.2 Å². The molecule has 0 saturated heterocycles. The third-order valence-corrected chi connectivity index (χ3v) is 6.32. The minimum absolute atomic E-state index is 0.134. The lowest BCUT2D eigenvalue weighted by atomic mass is 10.1. The first-order valence-electron chi connectivity index (χ1n) is 10.4. The van der Waals surface area contributed by atoms with E-state index in [4.69, 9.17) is 9.47 Å². The van der Waals surface area contributed by atoms with Crippen LogP contribution in [0, 0.1) is 0 Å². The number of likely N-dealkylation sites (N-methyl/N-ethyl adjacent to an activating group) is 1. The van der Waals surface area contributed by atoms with Crippen LogP contribution in [0.5, 0.6) is 11.5 Å². The summed E-state index contributed by atoms with van der Waals surface area (Å²) in [5.41, 5.74) is 1.10. The summed E-state index contributed by atoms with van der Waals surface area (Å²) in [6.45, 7) is 1.48. The number of methoxy groups -OCH3 is 2. The van der Waals surface area contributed by atoms with E-state index in [-0.39, 0.29) is 12.5 Å².